The molecule has 7 nitrogen and oxygen atoms in total. The van der Waals surface area contributed by atoms with Gasteiger partial charge in [-0.2, -0.15) is 0 Å². The van der Waals surface area contributed by atoms with E-state index >= 15 is 0 Å². The fourth-order valence-electron chi connectivity index (χ4n) is 3.57. The van der Waals surface area contributed by atoms with E-state index in [-0.39, 0.29) is 41.0 Å². The quantitative estimate of drug-likeness (QED) is 0.555. The number of halogens is 3. The summed E-state index contributed by atoms with van der Waals surface area (Å²) in [7, 11) is 1.31. The van der Waals surface area contributed by atoms with Gasteiger partial charge in [-0.3, -0.25) is 0 Å². The van der Waals surface area contributed by atoms with Gasteiger partial charge in [0.25, 0.3) is 0 Å². The Labute approximate surface area is 189 Å². The molecule has 33 heavy (non-hydrogen) atoms. The molecule has 0 aliphatic carbocycles. The SMILES string of the molecule is COc1cc(C)c(F)c(COc2cnc(Nc3ccc(N4CCNCC4)c(F)c3)nc2)c1F. The zero-order valence-corrected chi connectivity index (χ0v) is 18.3. The van der Waals surface area contributed by atoms with Crippen molar-refractivity contribution in [3.63, 3.8) is 0 Å². The molecule has 0 bridgehead atoms. The van der Waals surface area contributed by atoms with Crippen LogP contribution in [0.4, 0.5) is 30.5 Å². The normalized spacial score (nSPS) is 13.7. The topological polar surface area (TPSA) is 71.5 Å². The third-order valence-electron chi connectivity index (χ3n) is 5.33. The maximum Gasteiger partial charge on any atom is 0.227 e. The molecule has 1 aromatic heterocycles. The number of nitrogens with one attached hydrogen (secondary N) is 2. The first-order valence-corrected chi connectivity index (χ1v) is 10.4. The number of aryl methyl sites for hydroxylation is 1. The number of anilines is 3. The predicted octanol–water partition coefficient (Wildman–Crippen LogP) is 3.94. The largest absolute Gasteiger partial charge is 0.494 e. The van der Waals surface area contributed by atoms with Gasteiger partial charge >= 0.3 is 0 Å². The van der Waals surface area contributed by atoms with E-state index in [0.29, 0.717) is 11.4 Å². The maximum atomic E-state index is 14.6. The maximum absolute atomic E-state index is 14.6. The molecule has 2 aromatic carbocycles. The van der Waals surface area contributed by atoms with Crippen LogP contribution in [0.15, 0.2) is 36.7 Å². The molecule has 1 saturated heterocycles. The first-order valence-electron chi connectivity index (χ1n) is 10.4. The molecule has 2 N–H and O–H groups in total. The van der Waals surface area contributed by atoms with Gasteiger partial charge < -0.3 is 25.0 Å². The summed E-state index contributed by atoms with van der Waals surface area (Å²) in [5.74, 6) is -1.45. The number of ether oxygens (including phenoxy) is 2. The van der Waals surface area contributed by atoms with Crippen molar-refractivity contribution in [1.82, 2.24) is 15.3 Å². The minimum Gasteiger partial charge on any atom is -0.494 e. The lowest BCUT2D eigenvalue weighted by molar-refractivity contribution is 0.285. The summed E-state index contributed by atoms with van der Waals surface area (Å²) >= 11 is 0. The fourth-order valence-corrected chi connectivity index (χ4v) is 3.57. The van der Waals surface area contributed by atoms with Crippen LogP contribution in [0.2, 0.25) is 0 Å². The van der Waals surface area contributed by atoms with E-state index in [2.05, 4.69) is 20.6 Å². The highest BCUT2D eigenvalue weighted by atomic mass is 19.1. The van der Waals surface area contributed by atoms with Gasteiger partial charge in [0.15, 0.2) is 17.3 Å². The van der Waals surface area contributed by atoms with Crippen LogP contribution in [-0.4, -0.2) is 43.3 Å². The van der Waals surface area contributed by atoms with E-state index in [4.69, 9.17) is 9.47 Å². The lowest BCUT2D eigenvalue weighted by atomic mass is 10.1. The van der Waals surface area contributed by atoms with Gasteiger partial charge in [0.2, 0.25) is 5.95 Å². The monoisotopic (exact) mass is 459 g/mol. The molecule has 0 unspecified atom stereocenters. The number of benzene rings is 2. The summed E-state index contributed by atoms with van der Waals surface area (Å²) in [5, 5.41) is 6.17. The zero-order chi connectivity index (χ0) is 23.4. The molecule has 0 saturated carbocycles. The van der Waals surface area contributed by atoms with Crippen molar-refractivity contribution in [3.8, 4) is 11.5 Å². The van der Waals surface area contributed by atoms with Crippen LogP contribution in [0, 0.1) is 24.4 Å². The Morgan fingerprint density at radius 1 is 1.06 bits per heavy atom. The number of methoxy groups -OCH3 is 1. The molecular weight excluding hydrogens is 435 g/mol. The Morgan fingerprint density at radius 2 is 1.79 bits per heavy atom. The van der Waals surface area contributed by atoms with E-state index in [0.717, 1.165) is 26.2 Å². The molecule has 1 aliphatic heterocycles. The summed E-state index contributed by atoms with van der Waals surface area (Å²) in [6, 6.07) is 6.16. The van der Waals surface area contributed by atoms with Gasteiger partial charge in [0.05, 0.1) is 30.8 Å². The van der Waals surface area contributed by atoms with E-state index in [9.17, 15) is 13.2 Å². The summed E-state index contributed by atoms with van der Waals surface area (Å²) in [6.45, 7) is 4.29. The highest BCUT2D eigenvalue weighted by molar-refractivity contribution is 5.60. The van der Waals surface area contributed by atoms with Gasteiger partial charge in [-0.05, 0) is 36.8 Å². The number of nitrogens with zero attached hydrogens (tertiary/aromatic N) is 3. The van der Waals surface area contributed by atoms with Crippen LogP contribution in [0.3, 0.4) is 0 Å². The second-order valence-corrected chi connectivity index (χ2v) is 7.56. The van der Waals surface area contributed by atoms with E-state index in [1.54, 1.807) is 12.1 Å². The Bertz CT molecular complexity index is 1120. The lowest BCUT2D eigenvalue weighted by Crippen LogP contribution is -2.43. The zero-order valence-electron chi connectivity index (χ0n) is 18.3. The number of hydrogen-bond donors (Lipinski definition) is 2. The smallest absolute Gasteiger partial charge is 0.227 e. The molecule has 0 spiro atoms. The van der Waals surface area contributed by atoms with Gasteiger partial charge in [-0.1, -0.05) is 0 Å². The molecular formula is C23H24F3N5O2. The molecule has 0 atom stereocenters. The molecule has 1 aliphatic rings. The van der Waals surface area contributed by atoms with Gasteiger partial charge in [-0.25, -0.2) is 23.1 Å². The van der Waals surface area contributed by atoms with Gasteiger partial charge in [0.1, 0.15) is 18.2 Å². The molecule has 3 aromatic rings. The van der Waals surface area contributed by atoms with Crippen molar-refractivity contribution < 1.29 is 22.6 Å². The minimum absolute atomic E-state index is 0.0569. The molecule has 10 heteroatoms. The van der Waals surface area contributed by atoms with Crippen molar-refractivity contribution >= 4 is 17.3 Å². The van der Waals surface area contributed by atoms with Gasteiger partial charge in [0, 0.05) is 31.9 Å². The van der Waals surface area contributed by atoms with E-state index < -0.39 is 11.6 Å². The average molecular weight is 459 g/mol. The highest BCUT2D eigenvalue weighted by Gasteiger charge is 2.18. The summed E-state index contributed by atoms with van der Waals surface area (Å²) in [5.41, 5.74) is 1.06. The van der Waals surface area contributed by atoms with Crippen LogP contribution >= 0.6 is 0 Å². The first-order chi connectivity index (χ1) is 16.0. The van der Waals surface area contributed by atoms with Crippen LogP contribution in [0.25, 0.3) is 0 Å². The number of rotatable bonds is 7. The summed E-state index contributed by atoms with van der Waals surface area (Å²) in [4.78, 5) is 10.2. The highest BCUT2D eigenvalue weighted by Crippen LogP contribution is 2.28. The van der Waals surface area contributed by atoms with E-state index in [1.807, 2.05) is 4.90 Å². The average Bonchev–Trinajstić information content (AvgIpc) is 2.83. The number of piperazine rings is 1. The third kappa shape index (κ3) is 5.11. The Hall–Kier alpha value is -3.53. The standard InChI is InChI=1S/C23H24F3N5O2/c1-14-9-20(32-2)22(26)17(21(14)25)13-33-16-11-28-23(29-12-16)30-15-3-4-19(18(24)10-15)31-7-5-27-6-8-31/h3-4,9-12,27H,5-8,13H2,1-2H3,(H,28,29,30). The lowest BCUT2D eigenvalue weighted by Gasteiger charge is -2.29. The Morgan fingerprint density at radius 3 is 2.45 bits per heavy atom. The number of hydrogen-bond acceptors (Lipinski definition) is 7. The van der Waals surface area contributed by atoms with Crippen molar-refractivity contribution in [2.24, 2.45) is 0 Å². The van der Waals surface area contributed by atoms with Crippen LogP contribution in [0.1, 0.15) is 11.1 Å². The van der Waals surface area contributed by atoms with Gasteiger partial charge in [-0.15, -0.1) is 0 Å². The molecule has 0 amide bonds. The summed E-state index contributed by atoms with van der Waals surface area (Å²) in [6.07, 6.45) is 2.73. The first kappa shape index (κ1) is 22.7. The van der Waals surface area contributed by atoms with Crippen molar-refractivity contribution in [2.75, 3.05) is 43.5 Å². The second kappa shape index (κ2) is 9.95. The van der Waals surface area contributed by atoms with Crippen molar-refractivity contribution in [1.29, 1.82) is 0 Å². The molecule has 0 radical (unpaired) electrons. The minimum atomic E-state index is -0.814. The Balaban J connectivity index is 1.40. The second-order valence-electron chi connectivity index (χ2n) is 7.56. The van der Waals surface area contributed by atoms with E-state index in [1.165, 1.54) is 38.6 Å². The molecule has 1 fully saturated rings. The Kier molecular flexibility index (Phi) is 6.83. The molecule has 4 rings (SSSR count). The van der Waals surface area contributed by atoms with Crippen LogP contribution < -0.4 is 25.0 Å². The van der Waals surface area contributed by atoms with Crippen molar-refractivity contribution in [2.45, 2.75) is 13.5 Å². The van der Waals surface area contributed by atoms with Crippen molar-refractivity contribution in [3.05, 3.63) is 65.2 Å². The van der Waals surface area contributed by atoms with Crippen LogP contribution in [-0.2, 0) is 6.61 Å². The number of aromatic nitrogens is 2. The fraction of sp³-hybridized carbons (Fsp3) is 0.304. The third-order valence-corrected chi connectivity index (χ3v) is 5.33. The summed E-state index contributed by atoms with van der Waals surface area (Å²) < 4.78 is 53.7. The molecule has 174 valence electrons. The predicted molar refractivity (Wildman–Crippen MR) is 119 cm³/mol. The van der Waals surface area contributed by atoms with Crippen LogP contribution in [0.5, 0.6) is 11.5 Å². The molecule has 2 heterocycles.